The van der Waals surface area contributed by atoms with Crippen LogP contribution in [0.5, 0.6) is 0 Å². The zero-order valence-electron chi connectivity index (χ0n) is 10.8. The van der Waals surface area contributed by atoms with Crippen LogP contribution < -0.4 is 16.8 Å². The Bertz CT molecular complexity index is 608. The number of hydrogen-bond donors (Lipinski definition) is 3. The van der Waals surface area contributed by atoms with Crippen molar-refractivity contribution in [3.8, 4) is 0 Å². The molecule has 100 valence electrons. The predicted molar refractivity (Wildman–Crippen MR) is 78.3 cm³/mol. The van der Waals surface area contributed by atoms with Crippen molar-refractivity contribution in [2.75, 3.05) is 11.1 Å². The highest BCUT2D eigenvalue weighted by Crippen LogP contribution is 2.27. The number of nitrogens with zero attached hydrogens (tertiary/aromatic N) is 1. The molecule has 0 fully saturated rings. The first-order valence-electron chi connectivity index (χ1n) is 5.85. The molecule has 5 N–H and O–H groups in total. The van der Waals surface area contributed by atoms with Crippen molar-refractivity contribution < 1.29 is 4.79 Å². The summed E-state index contributed by atoms with van der Waals surface area (Å²) in [5, 5.41) is 4.22. The van der Waals surface area contributed by atoms with Gasteiger partial charge in [0.15, 0.2) is 0 Å². The summed E-state index contributed by atoms with van der Waals surface area (Å²) in [7, 11) is 0. The van der Waals surface area contributed by atoms with Crippen molar-refractivity contribution in [3.05, 3.63) is 39.8 Å². The Labute approximate surface area is 115 Å². The molecule has 1 atom stereocenters. The van der Waals surface area contributed by atoms with Gasteiger partial charge in [-0.15, -0.1) is 11.3 Å². The van der Waals surface area contributed by atoms with Gasteiger partial charge in [-0.2, -0.15) is 0 Å². The number of carbonyl (C=O) groups is 1. The highest BCUT2D eigenvalue weighted by atomic mass is 32.1. The molecule has 2 rings (SSSR count). The Morgan fingerprint density at radius 1 is 1.47 bits per heavy atom. The zero-order valence-corrected chi connectivity index (χ0v) is 11.6. The molecule has 0 radical (unpaired) electrons. The second-order valence-corrected chi connectivity index (χ2v) is 5.61. The van der Waals surface area contributed by atoms with E-state index < -0.39 is 5.91 Å². The molecule has 5 nitrogen and oxygen atoms in total. The second kappa shape index (κ2) is 5.27. The summed E-state index contributed by atoms with van der Waals surface area (Å²) >= 11 is 1.63. The highest BCUT2D eigenvalue weighted by molar-refractivity contribution is 7.11. The molecule has 0 saturated carbocycles. The van der Waals surface area contributed by atoms with Gasteiger partial charge in [0, 0.05) is 16.6 Å². The fourth-order valence-corrected chi connectivity index (χ4v) is 2.48. The number of thiazole rings is 1. The molecular weight excluding hydrogens is 260 g/mol. The van der Waals surface area contributed by atoms with Crippen LogP contribution in [0.2, 0.25) is 0 Å². The maximum absolute atomic E-state index is 11.2. The van der Waals surface area contributed by atoms with Crippen LogP contribution in [-0.4, -0.2) is 10.9 Å². The fraction of sp³-hybridized carbons (Fsp3) is 0.231. The predicted octanol–water partition coefficient (Wildman–Crippen LogP) is 2.31. The molecule has 1 amide bonds. The van der Waals surface area contributed by atoms with E-state index in [1.807, 2.05) is 20.0 Å². The number of aromatic nitrogens is 1. The van der Waals surface area contributed by atoms with E-state index in [-0.39, 0.29) is 6.04 Å². The highest BCUT2D eigenvalue weighted by Gasteiger charge is 2.12. The van der Waals surface area contributed by atoms with Crippen LogP contribution in [0, 0.1) is 6.92 Å². The minimum Gasteiger partial charge on any atom is -0.397 e. The number of nitrogens with one attached hydrogen (secondary N) is 1. The van der Waals surface area contributed by atoms with Gasteiger partial charge in [0.05, 0.1) is 17.4 Å². The summed E-state index contributed by atoms with van der Waals surface area (Å²) < 4.78 is 0. The van der Waals surface area contributed by atoms with Crippen molar-refractivity contribution in [2.45, 2.75) is 19.9 Å². The number of nitrogen functional groups attached to an aromatic ring is 1. The monoisotopic (exact) mass is 276 g/mol. The van der Waals surface area contributed by atoms with Gasteiger partial charge in [0.25, 0.3) is 0 Å². The van der Waals surface area contributed by atoms with E-state index >= 15 is 0 Å². The minimum absolute atomic E-state index is 0.0177. The Balaban J connectivity index is 2.22. The number of carbonyl (C=O) groups excluding carboxylic acids is 1. The maximum atomic E-state index is 11.2. The minimum atomic E-state index is -0.471. The Morgan fingerprint density at radius 2 is 2.21 bits per heavy atom. The molecule has 2 aromatic rings. The van der Waals surface area contributed by atoms with Gasteiger partial charge in [0.1, 0.15) is 5.01 Å². The largest absolute Gasteiger partial charge is 0.397 e. The first-order valence-corrected chi connectivity index (χ1v) is 6.67. The van der Waals surface area contributed by atoms with Crippen LogP contribution in [-0.2, 0) is 0 Å². The van der Waals surface area contributed by atoms with Crippen LogP contribution >= 0.6 is 11.3 Å². The smallest absolute Gasteiger partial charge is 0.248 e. The lowest BCUT2D eigenvalue weighted by molar-refractivity contribution is 0.100. The number of rotatable bonds is 4. The third-order valence-corrected chi connectivity index (χ3v) is 3.81. The Morgan fingerprint density at radius 3 is 2.79 bits per heavy atom. The number of anilines is 2. The van der Waals surface area contributed by atoms with E-state index in [1.54, 1.807) is 29.5 Å². The molecular formula is C13H16N4OS. The summed E-state index contributed by atoms with van der Waals surface area (Å²) in [5.74, 6) is -0.471. The van der Waals surface area contributed by atoms with Gasteiger partial charge < -0.3 is 16.8 Å². The van der Waals surface area contributed by atoms with E-state index in [0.717, 1.165) is 9.88 Å². The molecule has 1 aromatic heterocycles. The molecule has 1 heterocycles. The SMILES string of the molecule is Cc1cnc(C(C)Nc2cc(C(N)=O)ccc2N)s1. The van der Waals surface area contributed by atoms with Crippen LogP contribution in [0.3, 0.4) is 0 Å². The van der Waals surface area contributed by atoms with Gasteiger partial charge in [-0.3, -0.25) is 4.79 Å². The van der Waals surface area contributed by atoms with Crippen molar-refractivity contribution in [2.24, 2.45) is 5.73 Å². The quantitative estimate of drug-likeness (QED) is 0.747. The number of aryl methyl sites for hydroxylation is 1. The molecule has 6 heteroatoms. The molecule has 19 heavy (non-hydrogen) atoms. The van der Waals surface area contributed by atoms with Gasteiger partial charge >= 0.3 is 0 Å². The van der Waals surface area contributed by atoms with E-state index in [9.17, 15) is 4.79 Å². The lowest BCUT2D eigenvalue weighted by Crippen LogP contribution is -2.13. The number of primary amides is 1. The lowest BCUT2D eigenvalue weighted by Gasteiger charge is -2.15. The normalized spacial score (nSPS) is 12.1. The van der Waals surface area contributed by atoms with Gasteiger partial charge in [0.2, 0.25) is 5.91 Å². The number of hydrogen-bond acceptors (Lipinski definition) is 5. The number of amides is 1. The molecule has 0 spiro atoms. The molecule has 0 aliphatic rings. The summed E-state index contributed by atoms with van der Waals surface area (Å²) in [6, 6.07) is 4.96. The first-order chi connectivity index (χ1) is 8.97. The number of benzene rings is 1. The number of nitrogens with two attached hydrogens (primary N) is 2. The van der Waals surface area contributed by atoms with Crippen LogP contribution in [0.15, 0.2) is 24.4 Å². The molecule has 0 aliphatic heterocycles. The Hall–Kier alpha value is -2.08. The summed E-state index contributed by atoms with van der Waals surface area (Å²) in [5.41, 5.74) is 12.8. The third-order valence-electron chi connectivity index (χ3n) is 2.72. The summed E-state index contributed by atoms with van der Waals surface area (Å²) in [6.07, 6.45) is 1.83. The standard InChI is InChI=1S/C13H16N4OS/c1-7-6-16-13(19-7)8(2)17-11-5-9(12(15)18)3-4-10(11)14/h3-6,8,17H,14H2,1-2H3,(H2,15,18). The Kier molecular flexibility index (Phi) is 3.71. The fourth-order valence-electron chi connectivity index (χ4n) is 1.70. The molecule has 1 unspecified atom stereocenters. The molecule has 1 aromatic carbocycles. The van der Waals surface area contributed by atoms with Crippen molar-refractivity contribution in [1.82, 2.24) is 4.98 Å². The molecule has 0 aliphatic carbocycles. The summed E-state index contributed by atoms with van der Waals surface area (Å²) in [4.78, 5) is 16.6. The summed E-state index contributed by atoms with van der Waals surface area (Å²) in [6.45, 7) is 4.00. The van der Waals surface area contributed by atoms with E-state index in [4.69, 9.17) is 11.5 Å². The van der Waals surface area contributed by atoms with Gasteiger partial charge in [-0.1, -0.05) is 0 Å². The molecule has 0 bridgehead atoms. The second-order valence-electron chi connectivity index (χ2n) is 4.34. The van der Waals surface area contributed by atoms with Crippen molar-refractivity contribution >= 4 is 28.6 Å². The van der Waals surface area contributed by atoms with Crippen LogP contribution in [0.1, 0.15) is 33.2 Å². The van der Waals surface area contributed by atoms with E-state index in [0.29, 0.717) is 16.9 Å². The average molecular weight is 276 g/mol. The van der Waals surface area contributed by atoms with Crippen molar-refractivity contribution in [3.63, 3.8) is 0 Å². The topological polar surface area (TPSA) is 94.0 Å². The van der Waals surface area contributed by atoms with Crippen molar-refractivity contribution in [1.29, 1.82) is 0 Å². The lowest BCUT2D eigenvalue weighted by atomic mass is 10.1. The van der Waals surface area contributed by atoms with E-state index in [1.165, 1.54) is 0 Å². The van der Waals surface area contributed by atoms with Crippen LogP contribution in [0.4, 0.5) is 11.4 Å². The third kappa shape index (κ3) is 3.03. The molecule has 0 saturated heterocycles. The zero-order chi connectivity index (χ0) is 14.0. The van der Waals surface area contributed by atoms with Gasteiger partial charge in [-0.25, -0.2) is 4.98 Å². The first kappa shape index (κ1) is 13.4. The van der Waals surface area contributed by atoms with E-state index in [2.05, 4.69) is 10.3 Å². The maximum Gasteiger partial charge on any atom is 0.248 e. The average Bonchev–Trinajstić information content (AvgIpc) is 2.78. The van der Waals surface area contributed by atoms with Crippen LogP contribution in [0.25, 0.3) is 0 Å². The van der Waals surface area contributed by atoms with Gasteiger partial charge in [-0.05, 0) is 32.0 Å².